The van der Waals surface area contributed by atoms with Gasteiger partial charge in [0.25, 0.3) is 0 Å². The SMILES string of the molecule is CCOC(=O)COc1cc(NC(=O)N[C@@H](C)c2ccccc2)ccc1OC. The number of amides is 2. The summed E-state index contributed by atoms with van der Waals surface area (Å²) in [5, 5.41) is 5.61. The molecular weight excluding hydrogens is 348 g/mol. The zero-order chi connectivity index (χ0) is 19.6. The molecule has 2 amide bonds. The molecule has 0 radical (unpaired) electrons. The smallest absolute Gasteiger partial charge is 0.344 e. The number of carbonyl (C=O) groups excluding carboxylic acids is 2. The molecule has 2 rings (SSSR count). The summed E-state index contributed by atoms with van der Waals surface area (Å²) in [7, 11) is 1.49. The van der Waals surface area contributed by atoms with Crippen molar-refractivity contribution in [2.75, 3.05) is 25.6 Å². The Labute approximate surface area is 158 Å². The van der Waals surface area contributed by atoms with Crippen LogP contribution >= 0.6 is 0 Å². The number of anilines is 1. The molecule has 0 aromatic heterocycles. The minimum absolute atomic E-state index is 0.149. The van der Waals surface area contributed by atoms with Gasteiger partial charge in [-0.3, -0.25) is 0 Å². The molecule has 7 heteroatoms. The second kappa shape index (κ2) is 10.1. The van der Waals surface area contributed by atoms with Crippen molar-refractivity contribution in [2.24, 2.45) is 0 Å². The molecule has 144 valence electrons. The lowest BCUT2D eigenvalue weighted by Gasteiger charge is -2.16. The number of nitrogens with one attached hydrogen (secondary N) is 2. The summed E-state index contributed by atoms with van der Waals surface area (Å²) >= 11 is 0. The van der Waals surface area contributed by atoms with Gasteiger partial charge in [0, 0.05) is 11.8 Å². The van der Waals surface area contributed by atoms with E-state index in [4.69, 9.17) is 14.2 Å². The van der Waals surface area contributed by atoms with E-state index in [0.29, 0.717) is 17.2 Å². The van der Waals surface area contributed by atoms with Crippen LogP contribution in [0.3, 0.4) is 0 Å². The molecule has 2 aromatic rings. The lowest BCUT2D eigenvalue weighted by Crippen LogP contribution is -2.31. The number of esters is 1. The first-order valence-corrected chi connectivity index (χ1v) is 8.62. The molecule has 2 aromatic carbocycles. The van der Waals surface area contributed by atoms with E-state index in [-0.39, 0.29) is 25.3 Å². The number of hydrogen-bond donors (Lipinski definition) is 2. The molecule has 0 saturated heterocycles. The van der Waals surface area contributed by atoms with Crippen LogP contribution in [0.25, 0.3) is 0 Å². The Morgan fingerprint density at radius 2 is 1.81 bits per heavy atom. The van der Waals surface area contributed by atoms with Gasteiger partial charge in [0.2, 0.25) is 0 Å². The lowest BCUT2D eigenvalue weighted by molar-refractivity contribution is -0.145. The Kier molecular flexibility index (Phi) is 7.49. The Morgan fingerprint density at radius 3 is 2.48 bits per heavy atom. The zero-order valence-electron chi connectivity index (χ0n) is 15.7. The Bertz CT molecular complexity index is 764. The number of urea groups is 1. The number of ether oxygens (including phenoxy) is 3. The van der Waals surface area contributed by atoms with Gasteiger partial charge in [0.05, 0.1) is 19.8 Å². The summed E-state index contributed by atoms with van der Waals surface area (Å²) < 4.78 is 15.5. The summed E-state index contributed by atoms with van der Waals surface area (Å²) in [5.41, 5.74) is 1.51. The molecule has 1 atom stereocenters. The number of methoxy groups -OCH3 is 1. The van der Waals surface area contributed by atoms with E-state index >= 15 is 0 Å². The summed E-state index contributed by atoms with van der Waals surface area (Å²) in [6.45, 7) is 3.65. The highest BCUT2D eigenvalue weighted by molar-refractivity contribution is 5.90. The van der Waals surface area contributed by atoms with E-state index in [9.17, 15) is 9.59 Å². The fraction of sp³-hybridized carbons (Fsp3) is 0.300. The van der Waals surface area contributed by atoms with Gasteiger partial charge in [-0.2, -0.15) is 0 Å². The van der Waals surface area contributed by atoms with Gasteiger partial charge in [0.15, 0.2) is 18.1 Å². The average Bonchev–Trinajstić information content (AvgIpc) is 2.67. The second-order valence-electron chi connectivity index (χ2n) is 5.69. The zero-order valence-corrected chi connectivity index (χ0v) is 15.7. The maximum Gasteiger partial charge on any atom is 0.344 e. The monoisotopic (exact) mass is 372 g/mol. The third kappa shape index (κ3) is 6.22. The molecule has 0 bridgehead atoms. The van der Waals surface area contributed by atoms with E-state index in [1.165, 1.54) is 7.11 Å². The number of rotatable bonds is 8. The van der Waals surface area contributed by atoms with Gasteiger partial charge in [-0.05, 0) is 31.5 Å². The molecule has 0 heterocycles. The fourth-order valence-corrected chi connectivity index (χ4v) is 2.40. The van der Waals surface area contributed by atoms with Crippen LogP contribution in [-0.4, -0.2) is 32.3 Å². The molecule has 0 aliphatic rings. The standard InChI is InChI=1S/C20H24N2O5/c1-4-26-19(23)13-27-18-12-16(10-11-17(18)25-3)22-20(24)21-14(2)15-8-6-5-7-9-15/h5-12,14H,4,13H2,1-3H3,(H2,21,22,24)/t14-/m0/s1. The Balaban J connectivity index is 1.99. The van der Waals surface area contributed by atoms with Gasteiger partial charge < -0.3 is 24.8 Å². The number of benzene rings is 2. The average molecular weight is 372 g/mol. The van der Waals surface area contributed by atoms with Crippen molar-refractivity contribution >= 4 is 17.7 Å². The molecule has 2 N–H and O–H groups in total. The fourth-order valence-electron chi connectivity index (χ4n) is 2.40. The van der Waals surface area contributed by atoms with Gasteiger partial charge in [-0.1, -0.05) is 30.3 Å². The van der Waals surface area contributed by atoms with Gasteiger partial charge in [0.1, 0.15) is 0 Å². The quantitative estimate of drug-likeness (QED) is 0.693. The molecule has 7 nitrogen and oxygen atoms in total. The third-order valence-corrected chi connectivity index (χ3v) is 3.72. The van der Waals surface area contributed by atoms with Crippen molar-refractivity contribution < 1.29 is 23.8 Å². The van der Waals surface area contributed by atoms with Crippen LogP contribution in [0.5, 0.6) is 11.5 Å². The highest BCUT2D eigenvalue weighted by Gasteiger charge is 2.12. The van der Waals surface area contributed by atoms with Crippen LogP contribution in [-0.2, 0) is 9.53 Å². The number of carbonyl (C=O) groups is 2. The van der Waals surface area contributed by atoms with Crippen LogP contribution in [0.15, 0.2) is 48.5 Å². The van der Waals surface area contributed by atoms with Crippen LogP contribution in [0.1, 0.15) is 25.5 Å². The van der Waals surface area contributed by atoms with E-state index in [1.807, 2.05) is 37.3 Å². The van der Waals surface area contributed by atoms with Crippen LogP contribution < -0.4 is 20.1 Å². The summed E-state index contributed by atoms with van der Waals surface area (Å²) in [4.78, 5) is 23.7. The van der Waals surface area contributed by atoms with Crippen molar-refractivity contribution in [3.05, 3.63) is 54.1 Å². The van der Waals surface area contributed by atoms with Crippen molar-refractivity contribution in [1.82, 2.24) is 5.32 Å². The van der Waals surface area contributed by atoms with E-state index < -0.39 is 5.97 Å². The largest absolute Gasteiger partial charge is 0.493 e. The summed E-state index contributed by atoms with van der Waals surface area (Å²) in [6, 6.07) is 14.1. The maximum absolute atomic E-state index is 12.2. The van der Waals surface area contributed by atoms with Crippen molar-refractivity contribution in [3.63, 3.8) is 0 Å². The molecule has 0 spiro atoms. The molecule has 0 saturated carbocycles. The molecule has 0 aliphatic heterocycles. The van der Waals surface area contributed by atoms with Gasteiger partial charge in [-0.15, -0.1) is 0 Å². The van der Waals surface area contributed by atoms with Crippen LogP contribution in [0.2, 0.25) is 0 Å². The lowest BCUT2D eigenvalue weighted by atomic mass is 10.1. The first kappa shape index (κ1) is 20.1. The highest BCUT2D eigenvalue weighted by Crippen LogP contribution is 2.30. The summed E-state index contributed by atoms with van der Waals surface area (Å²) in [6.07, 6.45) is 0. The minimum atomic E-state index is -0.479. The van der Waals surface area contributed by atoms with Gasteiger partial charge >= 0.3 is 12.0 Å². The van der Waals surface area contributed by atoms with Crippen LogP contribution in [0, 0.1) is 0 Å². The normalized spacial score (nSPS) is 11.2. The topological polar surface area (TPSA) is 85.9 Å². The number of hydrogen-bond acceptors (Lipinski definition) is 5. The minimum Gasteiger partial charge on any atom is -0.493 e. The first-order valence-electron chi connectivity index (χ1n) is 8.62. The van der Waals surface area contributed by atoms with Gasteiger partial charge in [-0.25, -0.2) is 9.59 Å². The van der Waals surface area contributed by atoms with Crippen molar-refractivity contribution in [1.29, 1.82) is 0 Å². The molecule has 0 fully saturated rings. The Morgan fingerprint density at radius 1 is 1.07 bits per heavy atom. The predicted octanol–water partition coefficient (Wildman–Crippen LogP) is 3.52. The second-order valence-corrected chi connectivity index (χ2v) is 5.69. The maximum atomic E-state index is 12.2. The van der Waals surface area contributed by atoms with E-state index in [0.717, 1.165) is 5.56 Å². The van der Waals surface area contributed by atoms with E-state index in [2.05, 4.69) is 10.6 Å². The third-order valence-electron chi connectivity index (χ3n) is 3.72. The van der Waals surface area contributed by atoms with Crippen LogP contribution in [0.4, 0.5) is 10.5 Å². The van der Waals surface area contributed by atoms with Crippen molar-refractivity contribution in [2.45, 2.75) is 19.9 Å². The Hall–Kier alpha value is -3.22. The molecule has 0 aliphatic carbocycles. The highest BCUT2D eigenvalue weighted by atomic mass is 16.6. The predicted molar refractivity (Wildman–Crippen MR) is 102 cm³/mol. The molecular formula is C20H24N2O5. The van der Waals surface area contributed by atoms with Crippen molar-refractivity contribution in [3.8, 4) is 11.5 Å². The molecule has 27 heavy (non-hydrogen) atoms. The summed E-state index contributed by atoms with van der Waals surface area (Å²) in [5.74, 6) is 0.301. The molecule has 0 unspecified atom stereocenters. The first-order chi connectivity index (χ1) is 13.0. The van der Waals surface area contributed by atoms with E-state index in [1.54, 1.807) is 25.1 Å².